The Balaban J connectivity index is 1.71. The molecule has 2 aromatic rings. The number of alkyl carbamates (subject to hydrolysis) is 1. The molecule has 0 spiro atoms. The SMILES string of the molecule is NS(=O)(=O)CC(NC(=O)OCC1c2ccccc2-c2ccccc21)C(=O)O. The first kappa shape index (κ1) is 18.9. The van der Waals surface area contributed by atoms with E-state index in [0.717, 1.165) is 22.3 Å². The maximum atomic E-state index is 12.0. The number of hydrogen-bond acceptors (Lipinski definition) is 5. The van der Waals surface area contributed by atoms with Crippen molar-refractivity contribution < 1.29 is 27.9 Å². The number of amides is 1. The van der Waals surface area contributed by atoms with Gasteiger partial charge in [0, 0.05) is 5.92 Å². The molecule has 1 aliphatic carbocycles. The number of rotatable bonds is 6. The highest BCUT2D eigenvalue weighted by molar-refractivity contribution is 7.89. The van der Waals surface area contributed by atoms with Gasteiger partial charge in [-0.25, -0.2) is 23.1 Å². The molecule has 8 nitrogen and oxygen atoms in total. The molecule has 1 atom stereocenters. The summed E-state index contributed by atoms with van der Waals surface area (Å²) in [6.07, 6.45) is -1.02. The van der Waals surface area contributed by atoms with Crippen molar-refractivity contribution in [1.82, 2.24) is 5.32 Å². The van der Waals surface area contributed by atoms with Crippen LogP contribution in [0, 0.1) is 0 Å². The molecular weight excluding hydrogens is 372 g/mol. The number of sulfonamides is 1. The van der Waals surface area contributed by atoms with E-state index >= 15 is 0 Å². The van der Waals surface area contributed by atoms with Crippen molar-refractivity contribution in [3.8, 4) is 11.1 Å². The van der Waals surface area contributed by atoms with Crippen LogP contribution in [0.5, 0.6) is 0 Å². The summed E-state index contributed by atoms with van der Waals surface area (Å²) in [4.78, 5) is 23.1. The molecule has 1 amide bonds. The molecule has 4 N–H and O–H groups in total. The van der Waals surface area contributed by atoms with Gasteiger partial charge in [0.2, 0.25) is 10.0 Å². The third-order valence-electron chi connectivity index (χ3n) is 4.33. The van der Waals surface area contributed by atoms with Gasteiger partial charge in [-0.3, -0.25) is 0 Å². The Bertz CT molecular complexity index is 943. The van der Waals surface area contributed by atoms with E-state index in [1.807, 2.05) is 53.8 Å². The average Bonchev–Trinajstić information content (AvgIpc) is 2.92. The van der Waals surface area contributed by atoms with Crippen LogP contribution in [0.25, 0.3) is 11.1 Å². The number of primary sulfonamides is 1. The van der Waals surface area contributed by atoms with E-state index in [4.69, 9.17) is 15.0 Å². The molecule has 1 aliphatic rings. The second kappa shape index (κ2) is 7.37. The number of benzene rings is 2. The first-order valence-corrected chi connectivity index (χ1v) is 9.82. The molecule has 142 valence electrons. The van der Waals surface area contributed by atoms with Crippen LogP contribution < -0.4 is 10.5 Å². The van der Waals surface area contributed by atoms with Crippen LogP contribution in [0.1, 0.15) is 17.0 Å². The Morgan fingerprint density at radius 1 is 1.07 bits per heavy atom. The van der Waals surface area contributed by atoms with Gasteiger partial charge in [0.05, 0.1) is 5.75 Å². The minimum atomic E-state index is -4.08. The maximum absolute atomic E-state index is 12.0. The standard InChI is InChI=1S/C18H18N2O6S/c19-27(24,25)10-16(17(21)22)20-18(23)26-9-15-13-7-3-1-5-11(13)12-6-2-4-8-14(12)15/h1-8,15-16H,9-10H2,(H,20,23)(H,21,22)(H2,19,24,25). The summed E-state index contributed by atoms with van der Waals surface area (Å²) in [5, 5.41) is 15.9. The van der Waals surface area contributed by atoms with Gasteiger partial charge in [0.25, 0.3) is 0 Å². The van der Waals surface area contributed by atoms with E-state index in [1.165, 1.54) is 0 Å². The third-order valence-corrected chi connectivity index (χ3v) is 5.13. The summed E-state index contributed by atoms with van der Waals surface area (Å²) < 4.78 is 27.4. The van der Waals surface area contributed by atoms with Crippen LogP contribution in [0.2, 0.25) is 0 Å². The summed E-state index contributed by atoms with van der Waals surface area (Å²) in [6.45, 7) is -0.0123. The number of aliphatic carboxylic acids is 1. The van der Waals surface area contributed by atoms with Crippen molar-refractivity contribution >= 4 is 22.1 Å². The van der Waals surface area contributed by atoms with Crippen LogP contribution >= 0.6 is 0 Å². The first-order valence-electron chi connectivity index (χ1n) is 8.11. The predicted molar refractivity (Wildman–Crippen MR) is 97.6 cm³/mol. The highest BCUT2D eigenvalue weighted by Crippen LogP contribution is 2.44. The maximum Gasteiger partial charge on any atom is 0.407 e. The summed E-state index contributed by atoms with van der Waals surface area (Å²) in [6, 6.07) is 13.8. The number of nitrogens with one attached hydrogen (secondary N) is 1. The van der Waals surface area contributed by atoms with Crippen LogP contribution in [0.15, 0.2) is 48.5 Å². The second-order valence-electron chi connectivity index (χ2n) is 6.19. The molecule has 0 aromatic heterocycles. The first-order chi connectivity index (χ1) is 12.8. The Morgan fingerprint density at radius 3 is 2.07 bits per heavy atom. The van der Waals surface area contributed by atoms with E-state index in [9.17, 15) is 18.0 Å². The molecule has 1 unspecified atom stereocenters. The number of nitrogens with two attached hydrogens (primary N) is 1. The zero-order valence-corrected chi connectivity index (χ0v) is 15.0. The molecule has 0 radical (unpaired) electrons. The van der Waals surface area contributed by atoms with Gasteiger partial charge < -0.3 is 15.2 Å². The molecule has 0 heterocycles. The molecule has 0 fully saturated rings. The highest BCUT2D eigenvalue weighted by Gasteiger charge is 2.30. The monoisotopic (exact) mass is 390 g/mol. The zero-order chi connectivity index (χ0) is 19.6. The van der Waals surface area contributed by atoms with Gasteiger partial charge in [-0.1, -0.05) is 48.5 Å². The molecule has 2 aromatic carbocycles. The lowest BCUT2D eigenvalue weighted by Gasteiger charge is -2.17. The molecule has 27 heavy (non-hydrogen) atoms. The topological polar surface area (TPSA) is 136 Å². The molecule has 0 saturated heterocycles. The second-order valence-corrected chi connectivity index (χ2v) is 7.85. The van der Waals surface area contributed by atoms with E-state index < -0.39 is 33.9 Å². The lowest BCUT2D eigenvalue weighted by molar-refractivity contribution is -0.138. The fourth-order valence-electron chi connectivity index (χ4n) is 3.19. The molecule has 0 aliphatic heterocycles. The lowest BCUT2D eigenvalue weighted by Crippen LogP contribution is -2.47. The highest BCUT2D eigenvalue weighted by atomic mass is 32.2. The fourth-order valence-corrected chi connectivity index (χ4v) is 3.88. The van der Waals surface area contributed by atoms with Crippen molar-refractivity contribution in [1.29, 1.82) is 0 Å². The van der Waals surface area contributed by atoms with Crippen LogP contribution in [0.3, 0.4) is 0 Å². The fraction of sp³-hybridized carbons (Fsp3) is 0.222. The van der Waals surface area contributed by atoms with Crippen molar-refractivity contribution in [2.45, 2.75) is 12.0 Å². The van der Waals surface area contributed by atoms with Gasteiger partial charge in [-0.2, -0.15) is 0 Å². The summed E-state index contributed by atoms with van der Waals surface area (Å²) >= 11 is 0. The number of carbonyl (C=O) groups excluding carboxylic acids is 1. The molecule has 0 bridgehead atoms. The average molecular weight is 390 g/mol. The molecule has 9 heteroatoms. The lowest BCUT2D eigenvalue weighted by atomic mass is 9.98. The van der Waals surface area contributed by atoms with E-state index in [0.29, 0.717) is 0 Å². The Kier molecular flexibility index (Phi) is 5.15. The normalized spacial score (nSPS) is 14.1. The smallest absolute Gasteiger partial charge is 0.407 e. The van der Waals surface area contributed by atoms with Crippen molar-refractivity contribution in [3.63, 3.8) is 0 Å². The van der Waals surface area contributed by atoms with Gasteiger partial charge in [0.15, 0.2) is 0 Å². The Morgan fingerprint density at radius 2 is 1.59 bits per heavy atom. The molecule has 0 saturated carbocycles. The van der Waals surface area contributed by atoms with Gasteiger partial charge in [0.1, 0.15) is 12.6 Å². The van der Waals surface area contributed by atoms with Crippen molar-refractivity contribution in [2.24, 2.45) is 5.14 Å². The predicted octanol–water partition coefficient (Wildman–Crippen LogP) is 1.27. The van der Waals surface area contributed by atoms with Crippen molar-refractivity contribution in [2.75, 3.05) is 12.4 Å². The molecule has 3 rings (SSSR count). The minimum Gasteiger partial charge on any atom is -0.480 e. The third kappa shape index (κ3) is 4.26. The number of carboxylic acid groups (broad SMARTS) is 1. The number of carbonyl (C=O) groups is 2. The van der Waals surface area contributed by atoms with Gasteiger partial charge in [-0.05, 0) is 22.3 Å². The summed E-state index contributed by atoms with van der Waals surface area (Å²) in [7, 11) is -4.08. The number of hydrogen-bond donors (Lipinski definition) is 3. The number of ether oxygens (including phenoxy) is 1. The minimum absolute atomic E-state index is 0.0123. The van der Waals surface area contributed by atoms with Crippen LogP contribution in [0.4, 0.5) is 4.79 Å². The number of carboxylic acids is 1. The summed E-state index contributed by atoms with van der Waals surface area (Å²) in [5.41, 5.74) is 4.12. The van der Waals surface area contributed by atoms with E-state index in [1.54, 1.807) is 0 Å². The molecular formula is C18H18N2O6S. The Labute approximate surface area is 156 Å². The number of fused-ring (bicyclic) bond motifs is 3. The Hall–Kier alpha value is -2.91. The van der Waals surface area contributed by atoms with Crippen LogP contribution in [-0.2, 0) is 19.6 Å². The van der Waals surface area contributed by atoms with Crippen LogP contribution in [-0.4, -0.2) is 44.0 Å². The quantitative estimate of drug-likeness (QED) is 0.679. The largest absolute Gasteiger partial charge is 0.480 e. The zero-order valence-electron chi connectivity index (χ0n) is 14.2. The van der Waals surface area contributed by atoms with E-state index in [2.05, 4.69) is 0 Å². The van der Waals surface area contributed by atoms with E-state index in [-0.39, 0.29) is 12.5 Å². The van der Waals surface area contributed by atoms with Crippen molar-refractivity contribution in [3.05, 3.63) is 59.7 Å². The van der Waals surface area contributed by atoms with Gasteiger partial charge >= 0.3 is 12.1 Å². The summed E-state index contributed by atoms with van der Waals surface area (Å²) in [5.74, 6) is -2.63. The van der Waals surface area contributed by atoms with Gasteiger partial charge in [-0.15, -0.1) is 0 Å².